The molecule has 4 nitrogen and oxygen atoms in total. The second kappa shape index (κ2) is 9.91. The lowest BCUT2D eigenvalue weighted by molar-refractivity contribution is -0.120. The summed E-state index contributed by atoms with van der Waals surface area (Å²) in [6, 6.07) is 14.3. The van der Waals surface area contributed by atoms with Gasteiger partial charge >= 0.3 is 0 Å². The third-order valence-corrected chi connectivity index (χ3v) is 4.50. The molecule has 4 heteroatoms. The van der Waals surface area contributed by atoms with Gasteiger partial charge in [0, 0.05) is 5.69 Å². The van der Waals surface area contributed by atoms with Gasteiger partial charge in [-0.2, -0.15) is 0 Å². The number of carbonyl (C=O) groups is 1. The maximum atomic E-state index is 12.3. The highest BCUT2D eigenvalue weighted by Crippen LogP contribution is 2.32. The topological polar surface area (TPSA) is 50.7 Å². The van der Waals surface area contributed by atoms with Crippen LogP contribution in [0.4, 0.5) is 5.69 Å². The molecule has 27 heavy (non-hydrogen) atoms. The Morgan fingerprint density at radius 3 is 2.15 bits per heavy atom. The minimum absolute atomic E-state index is 0.118. The van der Waals surface area contributed by atoms with Gasteiger partial charge in [-0.1, -0.05) is 82.2 Å². The van der Waals surface area contributed by atoms with E-state index in [1.165, 1.54) is 5.56 Å². The number of benzene rings is 2. The Kier molecular flexibility index (Phi) is 7.59. The monoisotopic (exact) mass is 366 g/mol. The van der Waals surface area contributed by atoms with Crippen LogP contribution >= 0.6 is 0 Å². The molecule has 0 aliphatic carbocycles. The van der Waals surface area contributed by atoms with E-state index in [9.17, 15) is 4.79 Å². The van der Waals surface area contributed by atoms with E-state index < -0.39 is 0 Å². The van der Waals surface area contributed by atoms with Gasteiger partial charge in [-0.25, -0.2) is 0 Å². The highest BCUT2D eigenvalue weighted by molar-refractivity contribution is 5.93. The Bertz CT molecular complexity index is 751. The van der Waals surface area contributed by atoms with Crippen molar-refractivity contribution in [2.24, 2.45) is 5.16 Å². The van der Waals surface area contributed by atoms with Crippen LogP contribution < -0.4 is 5.32 Å². The fourth-order valence-electron chi connectivity index (χ4n) is 2.90. The van der Waals surface area contributed by atoms with Gasteiger partial charge in [0.1, 0.15) is 0 Å². The van der Waals surface area contributed by atoms with Crippen LogP contribution in [0.5, 0.6) is 0 Å². The molecule has 0 spiro atoms. The third kappa shape index (κ3) is 5.95. The molecule has 0 saturated heterocycles. The summed E-state index contributed by atoms with van der Waals surface area (Å²) in [5.41, 5.74) is 5.38. The first-order valence-electron chi connectivity index (χ1n) is 9.59. The molecule has 0 heterocycles. The van der Waals surface area contributed by atoms with E-state index in [2.05, 4.69) is 69.4 Å². The van der Waals surface area contributed by atoms with Crippen LogP contribution in [0.1, 0.15) is 68.7 Å². The molecule has 0 bridgehead atoms. The van der Waals surface area contributed by atoms with Gasteiger partial charge in [0.2, 0.25) is 0 Å². The summed E-state index contributed by atoms with van der Waals surface area (Å²) in [6.07, 6.45) is 2.62. The summed E-state index contributed by atoms with van der Waals surface area (Å²) in [5, 5.41) is 6.93. The number of hydrogen-bond acceptors (Lipinski definition) is 3. The van der Waals surface area contributed by atoms with Crippen LogP contribution in [0, 0.1) is 0 Å². The first kappa shape index (κ1) is 20.7. The number of carbonyl (C=O) groups excluding carboxylic acids is 1. The van der Waals surface area contributed by atoms with Crippen molar-refractivity contribution in [3.05, 3.63) is 64.7 Å². The zero-order valence-corrected chi connectivity index (χ0v) is 17.0. The molecule has 1 amide bonds. The number of amides is 1. The first-order chi connectivity index (χ1) is 12.9. The summed E-state index contributed by atoms with van der Waals surface area (Å²) in [6.45, 7) is 10.5. The van der Waals surface area contributed by atoms with Crippen molar-refractivity contribution in [3.63, 3.8) is 0 Å². The molecule has 0 saturated carbocycles. The maximum Gasteiger partial charge on any atom is 0.265 e. The molecule has 0 aliphatic rings. The molecule has 144 valence electrons. The third-order valence-electron chi connectivity index (χ3n) is 4.50. The molecule has 2 aromatic carbocycles. The molecule has 1 N–H and O–H groups in total. The van der Waals surface area contributed by atoms with Gasteiger partial charge in [0.15, 0.2) is 6.61 Å². The normalized spacial score (nSPS) is 11.4. The van der Waals surface area contributed by atoms with Crippen molar-refractivity contribution in [2.75, 3.05) is 11.9 Å². The second-order valence-electron chi connectivity index (χ2n) is 7.27. The smallest absolute Gasteiger partial charge is 0.265 e. The molecule has 2 aromatic rings. The van der Waals surface area contributed by atoms with Crippen LogP contribution in [0.2, 0.25) is 0 Å². The minimum Gasteiger partial charge on any atom is -0.386 e. The fraction of sp³-hybridized carbons (Fsp3) is 0.391. The summed E-state index contributed by atoms with van der Waals surface area (Å²) in [5.74, 6) is 0.441. The average molecular weight is 367 g/mol. The minimum atomic E-state index is -0.205. The fourth-order valence-corrected chi connectivity index (χ4v) is 2.90. The van der Waals surface area contributed by atoms with E-state index in [0.29, 0.717) is 11.8 Å². The highest BCUT2D eigenvalue weighted by atomic mass is 16.6. The van der Waals surface area contributed by atoms with Gasteiger partial charge < -0.3 is 10.2 Å². The number of hydrogen-bond donors (Lipinski definition) is 1. The van der Waals surface area contributed by atoms with Crippen LogP contribution in [0.3, 0.4) is 0 Å². The number of nitrogens with one attached hydrogen (secondary N) is 1. The quantitative estimate of drug-likeness (QED) is 0.496. The summed E-state index contributed by atoms with van der Waals surface area (Å²) < 4.78 is 0. The number of rotatable bonds is 8. The molecule has 0 aliphatic heterocycles. The molecular formula is C23H30N2O2. The number of nitrogens with zero attached hydrogens (tertiary/aromatic N) is 1. The van der Waals surface area contributed by atoms with Crippen molar-refractivity contribution < 1.29 is 9.63 Å². The summed E-state index contributed by atoms with van der Waals surface area (Å²) in [7, 11) is 0. The molecular weight excluding hydrogens is 336 g/mol. The highest BCUT2D eigenvalue weighted by Gasteiger charge is 2.16. The molecule has 0 fully saturated rings. The predicted octanol–water partition coefficient (Wildman–Crippen LogP) is 5.49. The van der Waals surface area contributed by atoms with E-state index in [4.69, 9.17) is 4.84 Å². The van der Waals surface area contributed by atoms with E-state index in [-0.39, 0.29) is 12.5 Å². The Labute approximate surface area is 162 Å². The Hall–Kier alpha value is -2.62. The molecule has 0 unspecified atom stereocenters. The summed E-state index contributed by atoms with van der Waals surface area (Å²) >= 11 is 0. The number of anilines is 1. The zero-order chi connectivity index (χ0) is 19.8. The Morgan fingerprint density at radius 2 is 1.63 bits per heavy atom. The van der Waals surface area contributed by atoms with E-state index in [1.807, 2.05) is 18.2 Å². The molecule has 0 radical (unpaired) electrons. The Balaban J connectivity index is 1.98. The van der Waals surface area contributed by atoms with Crippen molar-refractivity contribution in [1.29, 1.82) is 0 Å². The van der Waals surface area contributed by atoms with Gasteiger partial charge in [-0.15, -0.1) is 0 Å². The van der Waals surface area contributed by atoms with Crippen molar-refractivity contribution >= 4 is 17.8 Å². The number of aryl methyl sites for hydroxylation is 1. The van der Waals surface area contributed by atoms with Crippen LogP contribution in [-0.2, 0) is 16.1 Å². The molecule has 0 atom stereocenters. The maximum absolute atomic E-state index is 12.3. The second-order valence-corrected chi connectivity index (χ2v) is 7.27. The SMILES string of the molecule is CCc1ccc(/C=N\OCC(=O)Nc2c(C(C)C)cccc2C(C)C)cc1. The lowest BCUT2D eigenvalue weighted by Crippen LogP contribution is -2.19. The van der Waals surface area contributed by atoms with E-state index >= 15 is 0 Å². The van der Waals surface area contributed by atoms with E-state index in [0.717, 1.165) is 28.8 Å². The zero-order valence-electron chi connectivity index (χ0n) is 17.0. The predicted molar refractivity (Wildman–Crippen MR) is 113 cm³/mol. The van der Waals surface area contributed by atoms with Gasteiger partial charge in [-0.05, 0) is 40.5 Å². The first-order valence-corrected chi connectivity index (χ1v) is 9.59. The number of para-hydroxylation sites is 1. The van der Waals surface area contributed by atoms with Crippen LogP contribution in [0.15, 0.2) is 47.6 Å². The lowest BCUT2D eigenvalue weighted by Gasteiger charge is -2.19. The largest absolute Gasteiger partial charge is 0.386 e. The van der Waals surface area contributed by atoms with Crippen LogP contribution in [0.25, 0.3) is 0 Å². The number of oxime groups is 1. The van der Waals surface area contributed by atoms with Crippen molar-refractivity contribution in [2.45, 2.75) is 52.9 Å². The van der Waals surface area contributed by atoms with E-state index in [1.54, 1.807) is 6.21 Å². The van der Waals surface area contributed by atoms with Gasteiger partial charge in [0.05, 0.1) is 6.21 Å². The van der Waals surface area contributed by atoms with Gasteiger partial charge in [0.25, 0.3) is 5.91 Å². The molecule has 0 aromatic heterocycles. The van der Waals surface area contributed by atoms with Crippen molar-refractivity contribution in [3.8, 4) is 0 Å². The average Bonchev–Trinajstić information content (AvgIpc) is 2.65. The van der Waals surface area contributed by atoms with Gasteiger partial charge in [-0.3, -0.25) is 4.79 Å². The summed E-state index contributed by atoms with van der Waals surface area (Å²) in [4.78, 5) is 17.5. The van der Waals surface area contributed by atoms with Crippen molar-refractivity contribution in [1.82, 2.24) is 0 Å². The lowest BCUT2D eigenvalue weighted by atomic mass is 9.92. The Morgan fingerprint density at radius 1 is 1.04 bits per heavy atom. The van der Waals surface area contributed by atoms with Crippen LogP contribution in [-0.4, -0.2) is 18.7 Å². The standard InChI is InChI=1S/C23H30N2O2/c1-6-18-10-12-19(13-11-18)14-24-27-15-22(26)25-23-20(16(2)3)8-7-9-21(23)17(4)5/h7-14,16-17H,6,15H2,1-5H3,(H,25,26)/b24-14-. The molecule has 2 rings (SSSR count).